The Bertz CT molecular complexity index is 1050. The van der Waals surface area contributed by atoms with Crippen LogP contribution in [-0.2, 0) is 0 Å². The van der Waals surface area contributed by atoms with Crippen molar-refractivity contribution in [2.75, 3.05) is 31.6 Å². The summed E-state index contributed by atoms with van der Waals surface area (Å²) >= 11 is 0. The molecule has 1 N–H and O–H groups in total. The van der Waals surface area contributed by atoms with E-state index in [1.807, 2.05) is 18.2 Å². The molecule has 0 amide bonds. The zero-order chi connectivity index (χ0) is 19.8. The van der Waals surface area contributed by atoms with Crippen LogP contribution in [0.25, 0.3) is 10.9 Å². The van der Waals surface area contributed by atoms with Crippen LogP contribution < -0.4 is 14.8 Å². The van der Waals surface area contributed by atoms with E-state index < -0.39 is 0 Å². The molecule has 7 heteroatoms. The molecule has 0 spiro atoms. The molecule has 1 atom stereocenters. The van der Waals surface area contributed by atoms with Crippen LogP contribution >= 0.6 is 0 Å². The molecule has 2 aliphatic heterocycles. The summed E-state index contributed by atoms with van der Waals surface area (Å²) in [6.07, 6.45) is 3.95. The molecule has 0 saturated carbocycles. The third kappa shape index (κ3) is 3.58. The minimum Gasteiger partial charge on any atom is -0.486 e. The smallest absolute Gasteiger partial charge is 0.163 e. The number of ether oxygens (including phenoxy) is 2. The second-order valence-corrected chi connectivity index (χ2v) is 7.66. The van der Waals surface area contributed by atoms with Crippen LogP contribution in [0.3, 0.4) is 0 Å². The monoisotopic (exact) mass is 394 g/mol. The quantitative estimate of drug-likeness (QED) is 0.720. The first kappa shape index (κ1) is 18.1. The first-order valence-corrected chi connectivity index (χ1v) is 10.00. The molecular formula is C22H23FN4O2. The fourth-order valence-corrected chi connectivity index (χ4v) is 3.98. The zero-order valence-corrected chi connectivity index (χ0v) is 16.3. The van der Waals surface area contributed by atoms with Gasteiger partial charge in [-0.3, -0.25) is 4.90 Å². The maximum absolute atomic E-state index is 14.5. The normalized spacial score (nSPS) is 18.9. The van der Waals surface area contributed by atoms with Crippen molar-refractivity contribution in [1.82, 2.24) is 14.9 Å². The fraction of sp³-hybridized carbons (Fsp3) is 0.364. The molecule has 3 heterocycles. The van der Waals surface area contributed by atoms with E-state index in [0.29, 0.717) is 35.2 Å². The van der Waals surface area contributed by atoms with Crippen molar-refractivity contribution in [3.63, 3.8) is 0 Å². The fourth-order valence-electron chi connectivity index (χ4n) is 3.98. The maximum atomic E-state index is 14.5. The molecule has 1 saturated heterocycles. The van der Waals surface area contributed by atoms with Gasteiger partial charge in [0.2, 0.25) is 0 Å². The lowest BCUT2D eigenvalue weighted by Crippen LogP contribution is -2.39. The first-order chi connectivity index (χ1) is 14.2. The van der Waals surface area contributed by atoms with Crippen molar-refractivity contribution in [2.24, 2.45) is 0 Å². The number of anilines is 2. The van der Waals surface area contributed by atoms with Crippen LogP contribution in [0.15, 0.2) is 36.7 Å². The van der Waals surface area contributed by atoms with Crippen molar-refractivity contribution >= 4 is 22.4 Å². The molecule has 5 rings (SSSR count). The number of hydrogen-bond acceptors (Lipinski definition) is 6. The summed E-state index contributed by atoms with van der Waals surface area (Å²) in [6, 6.07) is 8.99. The molecule has 0 bridgehead atoms. The van der Waals surface area contributed by atoms with Crippen LogP contribution in [0.4, 0.5) is 15.9 Å². The number of nitrogens with one attached hydrogen (secondary N) is 1. The number of likely N-dealkylation sites (tertiary alicyclic amines) is 1. The minimum absolute atomic E-state index is 0.00620. The average Bonchev–Trinajstić information content (AvgIpc) is 3.23. The average molecular weight is 394 g/mol. The lowest BCUT2D eigenvalue weighted by molar-refractivity contribution is 0.0653. The molecule has 0 aliphatic carbocycles. The van der Waals surface area contributed by atoms with Gasteiger partial charge < -0.3 is 14.8 Å². The summed E-state index contributed by atoms with van der Waals surface area (Å²) in [5.41, 5.74) is 1.68. The van der Waals surface area contributed by atoms with Gasteiger partial charge in [0.1, 0.15) is 30.7 Å². The zero-order valence-electron chi connectivity index (χ0n) is 16.3. The van der Waals surface area contributed by atoms with Crippen molar-refractivity contribution in [3.8, 4) is 11.5 Å². The standard InChI is InChI=1S/C22H23FN4O2/c1-14-5-4-6-17(21(14)23)26-22-16-9-20-19(10-18(16)24-13-25-22)28-12-15(29-20)11-27-7-2-3-8-27/h4-6,9-10,13,15H,2-3,7-8,11-12H2,1H3,(H,24,25,26)/t15-/m0/s1. The number of nitrogens with zero attached hydrogens (tertiary/aromatic N) is 3. The second-order valence-electron chi connectivity index (χ2n) is 7.66. The third-order valence-corrected chi connectivity index (χ3v) is 5.52. The van der Waals surface area contributed by atoms with Gasteiger partial charge in [0, 0.05) is 18.0 Å². The van der Waals surface area contributed by atoms with Gasteiger partial charge >= 0.3 is 0 Å². The number of halogens is 1. The van der Waals surface area contributed by atoms with Gasteiger partial charge in [-0.1, -0.05) is 12.1 Å². The van der Waals surface area contributed by atoms with E-state index in [1.54, 1.807) is 19.1 Å². The molecule has 2 aliphatic rings. The Morgan fingerprint density at radius 3 is 2.90 bits per heavy atom. The van der Waals surface area contributed by atoms with Crippen LogP contribution in [-0.4, -0.2) is 47.2 Å². The van der Waals surface area contributed by atoms with E-state index in [2.05, 4.69) is 20.2 Å². The summed E-state index contributed by atoms with van der Waals surface area (Å²) in [5.74, 6) is 1.60. The molecule has 1 fully saturated rings. The van der Waals surface area contributed by atoms with E-state index in [1.165, 1.54) is 19.2 Å². The number of rotatable bonds is 4. The number of fused-ring (bicyclic) bond motifs is 2. The van der Waals surface area contributed by atoms with E-state index in [-0.39, 0.29) is 11.9 Å². The van der Waals surface area contributed by atoms with Gasteiger partial charge in [0.25, 0.3) is 0 Å². The van der Waals surface area contributed by atoms with Crippen LogP contribution in [0.2, 0.25) is 0 Å². The molecule has 29 heavy (non-hydrogen) atoms. The summed E-state index contributed by atoms with van der Waals surface area (Å²) in [4.78, 5) is 11.1. The molecule has 2 aromatic carbocycles. The Hall–Kier alpha value is -2.93. The van der Waals surface area contributed by atoms with Crippen LogP contribution in [0, 0.1) is 12.7 Å². The molecular weight excluding hydrogens is 371 g/mol. The van der Waals surface area contributed by atoms with E-state index in [0.717, 1.165) is 30.5 Å². The Labute approximate surface area is 168 Å². The predicted molar refractivity (Wildman–Crippen MR) is 110 cm³/mol. The minimum atomic E-state index is -0.289. The highest BCUT2D eigenvalue weighted by Crippen LogP contribution is 2.38. The molecule has 0 unspecified atom stereocenters. The molecule has 1 aromatic heterocycles. The highest BCUT2D eigenvalue weighted by atomic mass is 19.1. The highest BCUT2D eigenvalue weighted by Gasteiger charge is 2.26. The van der Waals surface area contributed by atoms with Gasteiger partial charge in [-0.15, -0.1) is 0 Å². The summed E-state index contributed by atoms with van der Waals surface area (Å²) in [6.45, 7) is 5.37. The number of benzene rings is 2. The predicted octanol–water partition coefficient (Wildman–Crippen LogP) is 4.06. The Kier molecular flexibility index (Phi) is 4.67. The summed E-state index contributed by atoms with van der Waals surface area (Å²) < 4.78 is 26.6. The van der Waals surface area contributed by atoms with Crippen LogP contribution in [0.5, 0.6) is 11.5 Å². The van der Waals surface area contributed by atoms with Crippen molar-refractivity contribution in [1.29, 1.82) is 0 Å². The molecule has 6 nitrogen and oxygen atoms in total. The van der Waals surface area contributed by atoms with Crippen molar-refractivity contribution < 1.29 is 13.9 Å². The Morgan fingerprint density at radius 1 is 1.17 bits per heavy atom. The maximum Gasteiger partial charge on any atom is 0.163 e. The summed E-state index contributed by atoms with van der Waals surface area (Å²) in [5, 5.41) is 3.86. The SMILES string of the molecule is Cc1cccc(Nc2ncnc3cc4c(cc23)O[C@@H](CN2CCCC2)CO4)c1F. The molecule has 3 aromatic rings. The number of aromatic nitrogens is 2. The van der Waals surface area contributed by atoms with E-state index in [9.17, 15) is 4.39 Å². The third-order valence-electron chi connectivity index (χ3n) is 5.52. The second kappa shape index (κ2) is 7.48. The molecule has 0 radical (unpaired) electrons. The van der Waals surface area contributed by atoms with Crippen molar-refractivity contribution in [2.45, 2.75) is 25.9 Å². The topological polar surface area (TPSA) is 59.5 Å². The number of aryl methyl sites for hydroxylation is 1. The van der Waals surface area contributed by atoms with Gasteiger partial charge in [-0.05, 0) is 50.6 Å². The molecule has 150 valence electrons. The van der Waals surface area contributed by atoms with Crippen LogP contribution in [0.1, 0.15) is 18.4 Å². The lowest BCUT2D eigenvalue weighted by atomic mass is 10.1. The number of hydrogen-bond donors (Lipinski definition) is 1. The van der Waals surface area contributed by atoms with E-state index >= 15 is 0 Å². The first-order valence-electron chi connectivity index (χ1n) is 10.00. The van der Waals surface area contributed by atoms with Gasteiger partial charge in [-0.25, -0.2) is 14.4 Å². The Morgan fingerprint density at radius 2 is 2.03 bits per heavy atom. The van der Waals surface area contributed by atoms with Gasteiger partial charge in [-0.2, -0.15) is 0 Å². The van der Waals surface area contributed by atoms with E-state index in [4.69, 9.17) is 9.47 Å². The summed E-state index contributed by atoms with van der Waals surface area (Å²) in [7, 11) is 0. The van der Waals surface area contributed by atoms with Crippen molar-refractivity contribution in [3.05, 3.63) is 48.0 Å². The largest absolute Gasteiger partial charge is 0.486 e. The lowest BCUT2D eigenvalue weighted by Gasteiger charge is -2.29. The van der Waals surface area contributed by atoms with Gasteiger partial charge in [0.15, 0.2) is 11.5 Å². The highest BCUT2D eigenvalue weighted by molar-refractivity contribution is 5.93. The van der Waals surface area contributed by atoms with Gasteiger partial charge in [0.05, 0.1) is 11.2 Å². The Balaban J connectivity index is 1.45.